The van der Waals surface area contributed by atoms with E-state index >= 15 is 0 Å². The number of nitrogens with zero attached hydrogens (tertiary/aromatic N) is 2. The van der Waals surface area contributed by atoms with E-state index in [9.17, 15) is 18.0 Å². The number of methoxy groups -OCH3 is 2. The zero-order valence-electron chi connectivity index (χ0n) is 24.8. The molecule has 0 fully saturated rings. The van der Waals surface area contributed by atoms with E-state index < -0.39 is 34.1 Å². The van der Waals surface area contributed by atoms with Crippen molar-refractivity contribution in [2.75, 3.05) is 25.1 Å². The molecule has 3 aromatic carbocycles. The summed E-state index contributed by atoms with van der Waals surface area (Å²) in [5, 5.41) is 3.37. The summed E-state index contributed by atoms with van der Waals surface area (Å²) in [6.07, 6.45) is 0.284. The van der Waals surface area contributed by atoms with Crippen LogP contribution < -0.4 is 19.1 Å². The van der Waals surface area contributed by atoms with Gasteiger partial charge in [0, 0.05) is 23.2 Å². The van der Waals surface area contributed by atoms with Crippen molar-refractivity contribution in [2.45, 2.75) is 57.1 Å². The molecule has 1 N–H and O–H groups in total. The number of halogens is 1. The lowest BCUT2D eigenvalue weighted by Gasteiger charge is -2.35. The molecule has 0 aliphatic rings. The molecule has 0 aromatic heterocycles. The Labute approximate surface area is 253 Å². The van der Waals surface area contributed by atoms with Crippen molar-refractivity contribution in [1.82, 2.24) is 10.2 Å². The second-order valence-corrected chi connectivity index (χ2v) is 12.9. The second kappa shape index (κ2) is 13.9. The Balaban J connectivity index is 2.16. The number of rotatable bonds is 12. The topological polar surface area (TPSA) is 105 Å². The van der Waals surface area contributed by atoms with Gasteiger partial charge in [-0.1, -0.05) is 54.9 Å². The third kappa shape index (κ3) is 7.95. The standard InChI is InChI=1S/C31H38ClN3O6S/c1-7-26(30(37)33-31(2,3)4)34(20-22-13-11-12-16-25(22)32)29(36)21-35(42(38,39)24-14-9-8-10-15-24)27-19-23(40-5)17-18-28(27)41-6/h8-19,26H,7,20-21H2,1-6H3,(H,33,37)/t26-/m0/s1. The average molecular weight is 616 g/mol. The summed E-state index contributed by atoms with van der Waals surface area (Å²) >= 11 is 6.46. The number of carbonyl (C=O) groups is 2. The highest BCUT2D eigenvalue weighted by atomic mass is 35.5. The lowest BCUT2D eigenvalue weighted by atomic mass is 10.1. The van der Waals surface area contributed by atoms with Crippen molar-refractivity contribution in [2.24, 2.45) is 0 Å². The van der Waals surface area contributed by atoms with Crippen LogP contribution in [-0.4, -0.2) is 57.5 Å². The normalized spacial score (nSPS) is 12.3. The smallest absolute Gasteiger partial charge is 0.264 e. The Hall–Kier alpha value is -3.76. The number of anilines is 1. The van der Waals surface area contributed by atoms with Gasteiger partial charge in [-0.2, -0.15) is 0 Å². The van der Waals surface area contributed by atoms with Gasteiger partial charge in [0.1, 0.15) is 24.1 Å². The van der Waals surface area contributed by atoms with Gasteiger partial charge in [0.15, 0.2) is 0 Å². The van der Waals surface area contributed by atoms with Crippen LogP contribution in [-0.2, 0) is 26.2 Å². The van der Waals surface area contributed by atoms with E-state index in [-0.39, 0.29) is 35.2 Å². The van der Waals surface area contributed by atoms with Crippen molar-refractivity contribution in [3.63, 3.8) is 0 Å². The van der Waals surface area contributed by atoms with Crippen molar-refractivity contribution in [3.8, 4) is 11.5 Å². The predicted octanol–water partition coefficient (Wildman–Crippen LogP) is 5.27. The van der Waals surface area contributed by atoms with Crippen LogP contribution >= 0.6 is 11.6 Å². The number of amides is 2. The van der Waals surface area contributed by atoms with Gasteiger partial charge < -0.3 is 19.7 Å². The van der Waals surface area contributed by atoms with Crippen LogP contribution in [0.4, 0.5) is 5.69 Å². The molecule has 0 radical (unpaired) electrons. The number of hydrogen-bond donors (Lipinski definition) is 1. The molecule has 1 atom stereocenters. The van der Waals surface area contributed by atoms with Crippen LogP contribution in [0, 0.1) is 0 Å². The quantitative estimate of drug-likeness (QED) is 0.297. The molecular formula is C31H38ClN3O6S. The Morgan fingerprint density at radius 3 is 2.17 bits per heavy atom. The van der Waals surface area contributed by atoms with Crippen molar-refractivity contribution >= 4 is 39.1 Å². The Morgan fingerprint density at radius 2 is 1.60 bits per heavy atom. The first kappa shape index (κ1) is 32.8. The van der Waals surface area contributed by atoms with Gasteiger partial charge >= 0.3 is 0 Å². The minimum atomic E-state index is -4.28. The molecular weight excluding hydrogens is 578 g/mol. The summed E-state index contributed by atoms with van der Waals surface area (Å²) in [4.78, 5) is 29.1. The molecule has 0 spiro atoms. The molecule has 11 heteroatoms. The summed E-state index contributed by atoms with van der Waals surface area (Å²) in [7, 11) is -1.41. The summed E-state index contributed by atoms with van der Waals surface area (Å²) in [6, 6.07) is 18.6. The molecule has 226 valence electrons. The highest BCUT2D eigenvalue weighted by Gasteiger charge is 2.36. The van der Waals surface area contributed by atoms with Crippen LogP contribution in [0.1, 0.15) is 39.7 Å². The molecule has 0 saturated carbocycles. The van der Waals surface area contributed by atoms with Gasteiger partial charge in [0.05, 0.1) is 24.8 Å². The van der Waals surface area contributed by atoms with Gasteiger partial charge in [0.2, 0.25) is 11.8 Å². The van der Waals surface area contributed by atoms with E-state index in [1.165, 1.54) is 37.3 Å². The summed E-state index contributed by atoms with van der Waals surface area (Å²) in [5.41, 5.74) is 0.171. The number of ether oxygens (including phenoxy) is 2. The molecule has 0 aliphatic heterocycles. The largest absolute Gasteiger partial charge is 0.497 e. The zero-order valence-corrected chi connectivity index (χ0v) is 26.3. The van der Waals surface area contributed by atoms with Crippen LogP contribution in [0.15, 0.2) is 77.7 Å². The highest BCUT2D eigenvalue weighted by Crippen LogP contribution is 2.36. The maximum absolute atomic E-state index is 14.3. The van der Waals surface area contributed by atoms with Gasteiger partial charge in [-0.3, -0.25) is 13.9 Å². The van der Waals surface area contributed by atoms with Crippen LogP contribution in [0.2, 0.25) is 5.02 Å². The monoisotopic (exact) mass is 615 g/mol. The maximum Gasteiger partial charge on any atom is 0.264 e. The number of benzene rings is 3. The third-order valence-electron chi connectivity index (χ3n) is 6.45. The highest BCUT2D eigenvalue weighted by molar-refractivity contribution is 7.92. The average Bonchev–Trinajstić information content (AvgIpc) is 2.95. The van der Waals surface area contributed by atoms with E-state index in [1.54, 1.807) is 61.5 Å². The number of nitrogens with one attached hydrogen (secondary N) is 1. The lowest BCUT2D eigenvalue weighted by molar-refractivity contribution is -0.141. The van der Waals surface area contributed by atoms with E-state index in [1.807, 2.05) is 20.8 Å². The fourth-order valence-corrected chi connectivity index (χ4v) is 6.04. The molecule has 0 saturated heterocycles. The molecule has 0 heterocycles. The van der Waals surface area contributed by atoms with Crippen molar-refractivity contribution < 1.29 is 27.5 Å². The Kier molecular flexibility index (Phi) is 10.9. The minimum Gasteiger partial charge on any atom is -0.497 e. The minimum absolute atomic E-state index is 0.0109. The molecule has 42 heavy (non-hydrogen) atoms. The Bertz CT molecular complexity index is 1490. The number of carbonyl (C=O) groups excluding carboxylic acids is 2. The molecule has 0 aliphatic carbocycles. The molecule has 3 rings (SSSR count). The molecule has 0 bridgehead atoms. The van der Waals surface area contributed by atoms with Gasteiger partial charge in [-0.15, -0.1) is 0 Å². The first-order valence-corrected chi connectivity index (χ1v) is 15.3. The number of sulfonamides is 1. The van der Waals surface area contributed by atoms with Crippen LogP contribution in [0.3, 0.4) is 0 Å². The van der Waals surface area contributed by atoms with E-state index in [0.717, 1.165) is 4.31 Å². The van der Waals surface area contributed by atoms with E-state index in [0.29, 0.717) is 16.3 Å². The second-order valence-electron chi connectivity index (χ2n) is 10.6. The fraction of sp³-hybridized carbons (Fsp3) is 0.355. The molecule has 0 unspecified atom stereocenters. The van der Waals surface area contributed by atoms with Crippen LogP contribution in [0.25, 0.3) is 0 Å². The van der Waals surface area contributed by atoms with Crippen molar-refractivity contribution in [1.29, 1.82) is 0 Å². The Morgan fingerprint density at radius 1 is 0.952 bits per heavy atom. The van der Waals surface area contributed by atoms with E-state index in [4.69, 9.17) is 21.1 Å². The van der Waals surface area contributed by atoms with Crippen molar-refractivity contribution in [3.05, 3.63) is 83.4 Å². The van der Waals surface area contributed by atoms with E-state index in [2.05, 4.69) is 5.32 Å². The van der Waals surface area contributed by atoms with Crippen LogP contribution in [0.5, 0.6) is 11.5 Å². The summed E-state index contributed by atoms with van der Waals surface area (Å²) in [6.45, 7) is 6.71. The third-order valence-corrected chi connectivity index (χ3v) is 8.59. The van der Waals surface area contributed by atoms with Gasteiger partial charge in [0.25, 0.3) is 10.0 Å². The SMILES string of the molecule is CC[C@@H](C(=O)NC(C)(C)C)N(Cc1ccccc1Cl)C(=O)CN(c1cc(OC)ccc1OC)S(=O)(=O)c1ccccc1. The molecule has 2 amide bonds. The molecule has 9 nitrogen and oxygen atoms in total. The summed E-state index contributed by atoms with van der Waals surface area (Å²) in [5.74, 6) is -0.370. The summed E-state index contributed by atoms with van der Waals surface area (Å²) < 4.78 is 40.0. The zero-order chi connectivity index (χ0) is 31.1. The predicted molar refractivity (Wildman–Crippen MR) is 164 cm³/mol. The first-order chi connectivity index (χ1) is 19.8. The van der Waals surface area contributed by atoms with Gasteiger partial charge in [-0.25, -0.2) is 8.42 Å². The maximum atomic E-state index is 14.3. The fourth-order valence-electron chi connectivity index (χ4n) is 4.41. The lowest BCUT2D eigenvalue weighted by Crippen LogP contribution is -2.55. The van der Waals surface area contributed by atoms with Gasteiger partial charge in [-0.05, 0) is 63.1 Å². The molecule has 3 aromatic rings. The first-order valence-electron chi connectivity index (χ1n) is 13.5. The number of hydrogen-bond acceptors (Lipinski definition) is 6.